The van der Waals surface area contributed by atoms with E-state index in [1.54, 1.807) is 24.3 Å². The average molecular weight is 536 g/mol. The molecular formula is C28H26ClN3O4S. The molecule has 7 nitrogen and oxygen atoms in total. The number of nitrogens with one attached hydrogen (secondary N) is 2. The van der Waals surface area contributed by atoms with Gasteiger partial charge in [0.05, 0.1) is 4.90 Å². The van der Waals surface area contributed by atoms with Crippen molar-refractivity contribution in [3.05, 3.63) is 114 Å². The highest BCUT2D eigenvalue weighted by molar-refractivity contribution is 7.89. The molecule has 4 aromatic rings. The van der Waals surface area contributed by atoms with Gasteiger partial charge in [0.25, 0.3) is 0 Å². The second-order valence-electron chi connectivity index (χ2n) is 8.21. The van der Waals surface area contributed by atoms with Gasteiger partial charge in [-0.15, -0.1) is 0 Å². The fraction of sp³-hybridized carbons (Fsp3) is 0.107. The van der Waals surface area contributed by atoms with E-state index in [4.69, 9.17) is 16.3 Å². The number of aryl methyl sites for hydroxylation is 1. The molecule has 0 saturated heterocycles. The van der Waals surface area contributed by atoms with Crippen LogP contribution in [0.4, 0.5) is 16.2 Å². The lowest BCUT2D eigenvalue weighted by atomic mass is 10.2. The van der Waals surface area contributed by atoms with Crippen LogP contribution in [0.1, 0.15) is 5.56 Å². The summed E-state index contributed by atoms with van der Waals surface area (Å²) in [7, 11) is -3.77. The molecular weight excluding hydrogens is 510 g/mol. The highest BCUT2D eigenvalue weighted by atomic mass is 35.5. The van der Waals surface area contributed by atoms with Crippen LogP contribution in [-0.4, -0.2) is 27.5 Å². The number of benzene rings is 4. The van der Waals surface area contributed by atoms with E-state index in [0.29, 0.717) is 27.9 Å². The maximum absolute atomic E-state index is 13.2. The number of ether oxygens (including phenoxy) is 1. The van der Waals surface area contributed by atoms with Crippen LogP contribution >= 0.6 is 11.6 Å². The van der Waals surface area contributed by atoms with Crippen LogP contribution in [0, 0.1) is 6.92 Å². The molecule has 0 radical (unpaired) electrons. The summed E-state index contributed by atoms with van der Waals surface area (Å²) in [6.45, 7) is 2.04. The number of urea groups is 1. The second-order valence-corrected chi connectivity index (χ2v) is 10.4. The SMILES string of the molecule is Cc1ccc(NC(=O)N(CCNS(=O)(=O)c2ccc(Cl)cc2)c2ccc(Oc3ccccc3)cc2)cc1. The van der Waals surface area contributed by atoms with E-state index in [2.05, 4.69) is 10.0 Å². The van der Waals surface area contributed by atoms with Crippen molar-refractivity contribution in [3.63, 3.8) is 0 Å². The van der Waals surface area contributed by atoms with Crippen molar-refractivity contribution in [2.75, 3.05) is 23.3 Å². The molecule has 190 valence electrons. The summed E-state index contributed by atoms with van der Waals surface area (Å²) in [4.78, 5) is 14.8. The van der Waals surface area contributed by atoms with Gasteiger partial charge < -0.3 is 10.1 Å². The Kier molecular flexibility index (Phi) is 8.45. The lowest BCUT2D eigenvalue weighted by Gasteiger charge is -2.24. The molecule has 0 aliphatic rings. The Morgan fingerprint density at radius 3 is 2.11 bits per heavy atom. The van der Waals surface area contributed by atoms with Crippen LogP contribution in [0.3, 0.4) is 0 Å². The first-order valence-electron chi connectivity index (χ1n) is 11.5. The number of halogens is 1. The molecule has 0 aliphatic carbocycles. The van der Waals surface area contributed by atoms with Crippen molar-refractivity contribution >= 4 is 39.0 Å². The van der Waals surface area contributed by atoms with Crippen molar-refractivity contribution < 1.29 is 17.9 Å². The minimum Gasteiger partial charge on any atom is -0.457 e. The Bertz CT molecular complexity index is 1430. The Morgan fingerprint density at radius 2 is 1.46 bits per heavy atom. The molecule has 37 heavy (non-hydrogen) atoms. The first kappa shape index (κ1) is 26.2. The zero-order valence-corrected chi connectivity index (χ0v) is 21.7. The van der Waals surface area contributed by atoms with Crippen LogP contribution in [0.15, 0.2) is 108 Å². The van der Waals surface area contributed by atoms with Crippen LogP contribution in [-0.2, 0) is 10.0 Å². The maximum Gasteiger partial charge on any atom is 0.326 e. The lowest BCUT2D eigenvalue weighted by molar-refractivity contribution is 0.257. The number of hydrogen-bond acceptors (Lipinski definition) is 4. The van der Waals surface area contributed by atoms with E-state index in [0.717, 1.165) is 5.56 Å². The van der Waals surface area contributed by atoms with Crippen LogP contribution < -0.4 is 19.7 Å². The van der Waals surface area contributed by atoms with Gasteiger partial charge in [-0.1, -0.05) is 47.5 Å². The smallest absolute Gasteiger partial charge is 0.326 e. The third kappa shape index (κ3) is 7.33. The van der Waals surface area contributed by atoms with Gasteiger partial charge in [-0.05, 0) is 79.7 Å². The fourth-order valence-electron chi connectivity index (χ4n) is 3.48. The molecule has 0 spiro atoms. The molecule has 0 aromatic heterocycles. The Balaban J connectivity index is 1.49. The molecule has 0 saturated carbocycles. The summed E-state index contributed by atoms with van der Waals surface area (Å²) in [5.74, 6) is 1.30. The summed E-state index contributed by atoms with van der Waals surface area (Å²) < 4.78 is 33.8. The van der Waals surface area contributed by atoms with Crippen molar-refractivity contribution in [2.24, 2.45) is 0 Å². The van der Waals surface area contributed by atoms with Gasteiger partial charge in [0.2, 0.25) is 10.0 Å². The van der Waals surface area contributed by atoms with Crippen LogP contribution in [0.5, 0.6) is 11.5 Å². The van der Waals surface area contributed by atoms with E-state index in [-0.39, 0.29) is 18.0 Å². The zero-order valence-electron chi connectivity index (χ0n) is 20.1. The number of carbonyl (C=O) groups is 1. The summed E-state index contributed by atoms with van der Waals surface area (Å²) in [6, 6.07) is 29.3. The van der Waals surface area contributed by atoms with E-state index in [1.165, 1.54) is 29.2 Å². The second kappa shape index (κ2) is 11.9. The molecule has 0 atom stereocenters. The van der Waals surface area contributed by atoms with Crippen LogP contribution in [0.2, 0.25) is 5.02 Å². The Morgan fingerprint density at radius 1 is 0.838 bits per heavy atom. The van der Waals surface area contributed by atoms with Gasteiger partial charge in [-0.2, -0.15) is 0 Å². The molecule has 0 bridgehead atoms. The molecule has 2 amide bonds. The highest BCUT2D eigenvalue weighted by Gasteiger charge is 2.19. The monoisotopic (exact) mass is 535 g/mol. The normalized spacial score (nSPS) is 11.1. The molecule has 4 rings (SSSR count). The van der Waals surface area contributed by atoms with E-state index < -0.39 is 16.1 Å². The predicted molar refractivity (Wildman–Crippen MR) is 147 cm³/mol. The number of para-hydroxylation sites is 1. The highest BCUT2D eigenvalue weighted by Crippen LogP contribution is 2.25. The summed E-state index contributed by atoms with van der Waals surface area (Å²) in [5.41, 5.74) is 2.28. The van der Waals surface area contributed by atoms with E-state index >= 15 is 0 Å². The van der Waals surface area contributed by atoms with Crippen molar-refractivity contribution in [2.45, 2.75) is 11.8 Å². The fourth-order valence-corrected chi connectivity index (χ4v) is 4.63. The standard InChI is InChI=1S/C28H26ClN3O4S/c1-21-7-11-23(12-8-21)31-28(33)32(20-19-30-37(34,35)27-17-9-22(29)10-18-27)24-13-15-26(16-14-24)36-25-5-3-2-4-6-25/h2-18,30H,19-20H2,1H3,(H,31,33). The van der Waals surface area contributed by atoms with Crippen LogP contribution in [0.25, 0.3) is 0 Å². The van der Waals surface area contributed by atoms with Gasteiger partial charge in [0.1, 0.15) is 11.5 Å². The van der Waals surface area contributed by atoms with Gasteiger partial charge in [0.15, 0.2) is 0 Å². The molecule has 0 unspecified atom stereocenters. The number of carbonyl (C=O) groups excluding carboxylic acids is 1. The molecule has 9 heteroatoms. The van der Waals surface area contributed by atoms with Crippen molar-refractivity contribution in [1.29, 1.82) is 0 Å². The third-order valence-corrected chi connectivity index (χ3v) is 7.16. The zero-order chi connectivity index (χ0) is 26.3. The summed E-state index contributed by atoms with van der Waals surface area (Å²) in [6.07, 6.45) is 0. The van der Waals surface area contributed by atoms with Crippen molar-refractivity contribution in [3.8, 4) is 11.5 Å². The maximum atomic E-state index is 13.2. The molecule has 2 N–H and O–H groups in total. The first-order valence-corrected chi connectivity index (χ1v) is 13.4. The van der Waals surface area contributed by atoms with E-state index in [1.807, 2.05) is 61.5 Å². The summed E-state index contributed by atoms with van der Waals surface area (Å²) in [5, 5.41) is 3.31. The van der Waals surface area contributed by atoms with Gasteiger partial charge in [-0.25, -0.2) is 17.9 Å². The predicted octanol–water partition coefficient (Wildman–Crippen LogP) is 6.46. The number of sulfonamides is 1. The first-order chi connectivity index (χ1) is 17.8. The van der Waals surface area contributed by atoms with Gasteiger partial charge in [0, 0.05) is 29.5 Å². The van der Waals surface area contributed by atoms with Crippen molar-refractivity contribution in [1.82, 2.24) is 4.72 Å². The number of amides is 2. The number of nitrogens with zero attached hydrogens (tertiary/aromatic N) is 1. The third-order valence-electron chi connectivity index (χ3n) is 5.43. The minimum atomic E-state index is -3.77. The topological polar surface area (TPSA) is 87.7 Å². The Hall–Kier alpha value is -3.85. The van der Waals surface area contributed by atoms with E-state index in [9.17, 15) is 13.2 Å². The lowest BCUT2D eigenvalue weighted by Crippen LogP contribution is -2.41. The number of anilines is 2. The summed E-state index contributed by atoms with van der Waals surface area (Å²) >= 11 is 5.87. The average Bonchev–Trinajstić information content (AvgIpc) is 2.89. The molecule has 0 fully saturated rings. The quantitative estimate of drug-likeness (QED) is 0.257. The van der Waals surface area contributed by atoms with Gasteiger partial charge >= 0.3 is 6.03 Å². The molecule has 4 aromatic carbocycles. The number of hydrogen-bond donors (Lipinski definition) is 2. The molecule has 0 aliphatic heterocycles. The van der Waals surface area contributed by atoms with Gasteiger partial charge in [-0.3, -0.25) is 4.90 Å². The Labute approximate surface area is 221 Å². The number of rotatable bonds is 9. The molecule has 0 heterocycles. The largest absolute Gasteiger partial charge is 0.457 e. The minimum absolute atomic E-state index is 0.00541.